The van der Waals surface area contributed by atoms with E-state index in [4.69, 9.17) is 4.74 Å². The van der Waals surface area contributed by atoms with E-state index in [0.29, 0.717) is 18.2 Å². The number of carbonyl (C=O) groups is 2. The molecule has 212 valence electrons. The molecule has 7 nitrogen and oxygen atoms in total. The standard InChI is InChI=1S/C33H40N2O5/c1-24-22-34(19-17-33(24,2)27-10-7-11-28(36)21-27)18-16-31(37)35(23-26-12-14-29(40-3)15-13-26)30(32(38)39)20-25-8-5-4-6-9-25/h4-15,21,24,30,36H,16-20,22-23H2,1-3H3,(H,38,39)/t24-,30-,33+/m0/s1. The van der Waals surface area contributed by atoms with Gasteiger partial charge in [0.05, 0.1) is 7.11 Å². The van der Waals surface area contributed by atoms with E-state index >= 15 is 0 Å². The Hall–Kier alpha value is -3.84. The van der Waals surface area contributed by atoms with Crippen LogP contribution in [0.1, 0.15) is 43.4 Å². The van der Waals surface area contributed by atoms with Gasteiger partial charge in [0.2, 0.25) is 5.91 Å². The zero-order valence-corrected chi connectivity index (χ0v) is 23.6. The van der Waals surface area contributed by atoms with Gasteiger partial charge in [-0.2, -0.15) is 0 Å². The van der Waals surface area contributed by atoms with E-state index in [1.807, 2.05) is 66.7 Å². The van der Waals surface area contributed by atoms with E-state index in [9.17, 15) is 19.8 Å². The van der Waals surface area contributed by atoms with Gasteiger partial charge in [-0.1, -0.05) is 68.4 Å². The molecule has 0 aliphatic carbocycles. The van der Waals surface area contributed by atoms with E-state index in [0.717, 1.165) is 36.2 Å². The van der Waals surface area contributed by atoms with Gasteiger partial charge in [-0.15, -0.1) is 0 Å². The van der Waals surface area contributed by atoms with Gasteiger partial charge in [-0.05, 0) is 65.3 Å². The minimum Gasteiger partial charge on any atom is -0.508 e. The lowest BCUT2D eigenvalue weighted by atomic mass is 9.68. The zero-order chi connectivity index (χ0) is 28.7. The molecule has 0 bridgehead atoms. The number of ether oxygens (including phenoxy) is 1. The Kier molecular flexibility index (Phi) is 9.48. The van der Waals surface area contributed by atoms with Crippen LogP contribution < -0.4 is 4.74 Å². The third kappa shape index (κ3) is 7.02. The summed E-state index contributed by atoms with van der Waals surface area (Å²) < 4.78 is 5.26. The molecule has 0 saturated carbocycles. The van der Waals surface area contributed by atoms with E-state index in [2.05, 4.69) is 24.8 Å². The molecule has 0 aromatic heterocycles. The van der Waals surface area contributed by atoms with Crippen LogP contribution in [0.2, 0.25) is 0 Å². The summed E-state index contributed by atoms with van der Waals surface area (Å²) in [6.07, 6.45) is 1.39. The number of phenols is 1. The summed E-state index contributed by atoms with van der Waals surface area (Å²) in [4.78, 5) is 30.0. The number of carboxylic acids is 1. The number of likely N-dealkylation sites (tertiary alicyclic amines) is 1. The molecule has 1 saturated heterocycles. The number of aliphatic carboxylic acids is 1. The number of nitrogens with zero attached hydrogens (tertiary/aromatic N) is 2. The number of rotatable bonds is 11. The first kappa shape index (κ1) is 29.2. The second-order valence-electron chi connectivity index (χ2n) is 11.1. The highest BCUT2D eigenvalue weighted by molar-refractivity contribution is 5.84. The molecule has 1 heterocycles. The molecule has 7 heteroatoms. The molecule has 1 aliphatic rings. The van der Waals surface area contributed by atoms with Gasteiger partial charge in [0.25, 0.3) is 0 Å². The van der Waals surface area contributed by atoms with Crippen LogP contribution in [0, 0.1) is 5.92 Å². The van der Waals surface area contributed by atoms with Crippen molar-refractivity contribution in [3.63, 3.8) is 0 Å². The summed E-state index contributed by atoms with van der Waals surface area (Å²) >= 11 is 0. The first-order valence-corrected chi connectivity index (χ1v) is 13.9. The maximum absolute atomic E-state index is 13.7. The van der Waals surface area contributed by atoms with Crippen LogP contribution in [0.3, 0.4) is 0 Å². The number of aromatic hydroxyl groups is 1. The third-order valence-electron chi connectivity index (χ3n) is 8.48. The fraction of sp³-hybridized carbons (Fsp3) is 0.394. The molecule has 3 aromatic carbocycles. The molecule has 0 spiro atoms. The summed E-state index contributed by atoms with van der Waals surface area (Å²) in [6.45, 7) is 6.88. The van der Waals surface area contributed by atoms with Crippen molar-refractivity contribution < 1.29 is 24.5 Å². The zero-order valence-electron chi connectivity index (χ0n) is 23.6. The Morgan fingerprint density at radius 2 is 1.77 bits per heavy atom. The van der Waals surface area contributed by atoms with Crippen LogP contribution in [0.15, 0.2) is 78.9 Å². The first-order valence-electron chi connectivity index (χ1n) is 13.9. The maximum Gasteiger partial charge on any atom is 0.326 e. The number of piperidine rings is 1. The predicted octanol–water partition coefficient (Wildman–Crippen LogP) is 5.12. The van der Waals surface area contributed by atoms with E-state index in [1.54, 1.807) is 13.2 Å². The summed E-state index contributed by atoms with van der Waals surface area (Å²) in [7, 11) is 1.60. The van der Waals surface area contributed by atoms with E-state index in [-0.39, 0.29) is 36.5 Å². The molecule has 1 amide bonds. The van der Waals surface area contributed by atoms with Crippen molar-refractivity contribution >= 4 is 11.9 Å². The van der Waals surface area contributed by atoms with Crippen LogP contribution >= 0.6 is 0 Å². The topological polar surface area (TPSA) is 90.3 Å². The minimum absolute atomic E-state index is 0.0657. The lowest BCUT2D eigenvalue weighted by Crippen LogP contribution is -2.49. The molecule has 0 unspecified atom stereocenters. The summed E-state index contributed by atoms with van der Waals surface area (Å²) in [5.41, 5.74) is 2.79. The van der Waals surface area contributed by atoms with Crippen molar-refractivity contribution in [3.05, 3.63) is 95.6 Å². The smallest absolute Gasteiger partial charge is 0.326 e. The Balaban J connectivity index is 1.47. The molecule has 2 N–H and O–H groups in total. The quantitative estimate of drug-likeness (QED) is 0.349. The van der Waals surface area contributed by atoms with Crippen molar-refractivity contribution in [2.45, 2.75) is 51.1 Å². The van der Waals surface area contributed by atoms with Crippen LogP contribution in [0.25, 0.3) is 0 Å². The summed E-state index contributed by atoms with van der Waals surface area (Å²) in [6, 6.07) is 23.4. The number of carboxylic acid groups (broad SMARTS) is 1. The monoisotopic (exact) mass is 544 g/mol. The molecule has 3 atom stereocenters. The van der Waals surface area contributed by atoms with Crippen molar-refractivity contribution in [1.82, 2.24) is 9.80 Å². The van der Waals surface area contributed by atoms with Crippen molar-refractivity contribution in [2.24, 2.45) is 5.92 Å². The Labute approximate surface area is 237 Å². The molecular weight excluding hydrogens is 504 g/mol. The number of hydrogen-bond acceptors (Lipinski definition) is 5. The third-order valence-corrected chi connectivity index (χ3v) is 8.48. The highest BCUT2D eigenvalue weighted by Crippen LogP contribution is 2.40. The second-order valence-corrected chi connectivity index (χ2v) is 11.1. The van der Waals surface area contributed by atoms with Crippen molar-refractivity contribution in [2.75, 3.05) is 26.7 Å². The lowest BCUT2D eigenvalue weighted by molar-refractivity contribution is -0.151. The predicted molar refractivity (Wildman–Crippen MR) is 155 cm³/mol. The van der Waals surface area contributed by atoms with Crippen LogP contribution in [-0.2, 0) is 28.0 Å². The van der Waals surface area contributed by atoms with Gasteiger partial charge in [0, 0.05) is 32.5 Å². The Morgan fingerprint density at radius 3 is 2.40 bits per heavy atom. The summed E-state index contributed by atoms with van der Waals surface area (Å²) in [5, 5.41) is 20.2. The summed E-state index contributed by atoms with van der Waals surface area (Å²) in [5.74, 6) is 0.114. The molecule has 0 radical (unpaired) electrons. The molecular formula is C33H40N2O5. The van der Waals surface area contributed by atoms with Crippen LogP contribution in [-0.4, -0.2) is 64.7 Å². The van der Waals surface area contributed by atoms with Gasteiger partial charge in [-0.3, -0.25) is 4.79 Å². The van der Waals surface area contributed by atoms with Gasteiger partial charge in [0.15, 0.2) is 0 Å². The second kappa shape index (κ2) is 13.0. The Morgan fingerprint density at radius 1 is 1.05 bits per heavy atom. The maximum atomic E-state index is 13.7. The first-order chi connectivity index (χ1) is 19.2. The molecule has 40 heavy (non-hydrogen) atoms. The van der Waals surface area contributed by atoms with Crippen molar-refractivity contribution in [1.29, 1.82) is 0 Å². The SMILES string of the molecule is COc1ccc(CN(C(=O)CCN2CC[C@@](C)(c3cccc(O)c3)[C@@H](C)C2)[C@@H](Cc2ccccc2)C(=O)O)cc1. The Bertz CT molecular complexity index is 1280. The number of hydrogen-bond donors (Lipinski definition) is 2. The normalized spacial score (nSPS) is 20.0. The van der Waals surface area contributed by atoms with Gasteiger partial charge in [0.1, 0.15) is 17.5 Å². The van der Waals surface area contributed by atoms with E-state index in [1.165, 1.54) is 4.90 Å². The number of phenolic OH excluding ortho intramolecular Hbond substituents is 1. The van der Waals surface area contributed by atoms with Gasteiger partial charge < -0.3 is 24.7 Å². The number of carbonyl (C=O) groups excluding carboxylic acids is 1. The average molecular weight is 545 g/mol. The van der Waals surface area contributed by atoms with Gasteiger partial charge in [-0.25, -0.2) is 4.79 Å². The van der Waals surface area contributed by atoms with E-state index < -0.39 is 12.0 Å². The molecule has 4 rings (SSSR count). The van der Waals surface area contributed by atoms with Crippen molar-refractivity contribution in [3.8, 4) is 11.5 Å². The van der Waals surface area contributed by atoms with Crippen LogP contribution in [0.4, 0.5) is 0 Å². The minimum atomic E-state index is -1.01. The molecule has 1 aliphatic heterocycles. The van der Waals surface area contributed by atoms with Gasteiger partial charge >= 0.3 is 5.97 Å². The van der Waals surface area contributed by atoms with Crippen LogP contribution in [0.5, 0.6) is 11.5 Å². The number of amides is 1. The fourth-order valence-electron chi connectivity index (χ4n) is 5.68. The number of methoxy groups -OCH3 is 1. The fourth-order valence-corrected chi connectivity index (χ4v) is 5.68. The highest BCUT2D eigenvalue weighted by atomic mass is 16.5. The number of benzene rings is 3. The highest BCUT2D eigenvalue weighted by Gasteiger charge is 2.38. The lowest BCUT2D eigenvalue weighted by Gasteiger charge is -2.45. The molecule has 3 aromatic rings. The molecule has 1 fully saturated rings. The average Bonchev–Trinajstić information content (AvgIpc) is 2.96. The largest absolute Gasteiger partial charge is 0.508 e.